The summed E-state index contributed by atoms with van der Waals surface area (Å²) < 4.78 is 0. The number of rotatable bonds is 5. The molecule has 0 heterocycles. The Morgan fingerprint density at radius 3 is 1.94 bits per heavy atom. The monoisotopic (exact) mass is 258 g/mol. The van der Waals surface area contributed by atoms with E-state index < -0.39 is 11.5 Å². The lowest BCUT2D eigenvalue weighted by Crippen LogP contribution is -2.57. The molecule has 0 radical (unpaired) electrons. The van der Waals surface area contributed by atoms with Crippen LogP contribution in [0.4, 0.5) is 4.79 Å². The van der Waals surface area contributed by atoms with Crippen LogP contribution in [0.15, 0.2) is 0 Å². The van der Waals surface area contributed by atoms with Gasteiger partial charge in [0.05, 0.1) is 0 Å². The predicted molar refractivity (Wildman–Crippen MR) is 71.6 cm³/mol. The zero-order chi connectivity index (χ0) is 14.7. The topological polar surface area (TPSA) is 60.9 Å². The molecule has 0 aromatic rings. The minimum Gasteiger partial charge on any atom is -0.480 e. The first-order chi connectivity index (χ1) is 8.07. The van der Waals surface area contributed by atoms with Crippen molar-refractivity contribution in [2.24, 2.45) is 5.92 Å². The van der Waals surface area contributed by atoms with Gasteiger partial charge in [0.1, 0.15) is 5.54 Å². The Bertz CT molecular complexity index is 313. The van der Waals surface area contributed by atoms with E-state index in [9.17, 15) is 14.7 Å². The number of hydrogen-bond acceptors (Lipinski definition) is 2. The van der Waals surface area contributed by atoms with E-state index >= 15 is 0 Å². The Morgan fingerprint density at radius 2 is 1.67 bits per heavy atom. The number of carboxylic acid groups (broad SMARTS) is 1. The molecule has 106 valence electrons. The highest BCUT2D eigenvalue weighted by molar-refractivity contribution is 5.85. The van der Waals surface area contributed by atoms with Crippen molar-refractivity contribution in [2.75, 3.05) is 13.6 Å². The second-order valence-corrected chi connectivity index (χ2v) is 5.49. The zero-order valence-electron chi connectivity index (χ0n) is 12.5. The maximum Gasteiger partial charge on any atom is 0.329 e. The fourth-order valence-corrected chi connectivity index (χ4v) is 1.70. The van der Waals surface area contributed by atoms with E-state index in [4.69, 9.17) is 0 Å². The van der Waals surface area contributed by atoms with Crippen LogP contribution < -0.4 is 0 Å². The maximum atomic E-state index is 12.4. The summed E-state index contributed by atoms with van der Waals surface area (Å²) in [4.78, 5) is 26.6. The van der Waals surface area contributed by atoms with Crippen LogP contribution in [0.25, 0.3) is 0 Å². The molecule has 2 amide bonds. The number of amides is 2. The fourth-order valence-electron chi connectivity index (χ4n) is 1.70. The van der Waals surface area contributed by atoms with Crippen LogP contribution in [0.5, 0.6) is 0 Å². The van der Waals surface area contributed by atoms with Gasteiger partial charge in [-0.3, -0.25) is 0 Å². The van der Waals surface area contributed by atoms with Crippen molar-refractivity contribution >= 4 is 12.0 Å². The summed E-state index contributed by atoms with van der Waals surface area (Å²) >= 11 is 0. The van der Waals surface area contributed by atoms with E-state index in [1.54, 1.807) is 32.7 Å². The minimum atomic E-state index is -1.20. The third-order valence-corrected chi connectivity index (χ3v) is 3.62. The van der Waals surface area contributed by atoms with Gasteiger partial charge in [-0.2, -0.15) is 0 Å². The predicted octanol–water partition coefficient (Wildman–Crippen LogP) is 2.27. The van der Waals surface area contributed by atoms with E-state index in [1.807, 2.05) is 20.8 Å². The second kappa shape index (κ2) is 6.07. The highest BCUT2D eigenvalue weighted by atomic mass is 16.4. The van der Waals surface area contributed by atoms with E-state index in [-0.39, 0.29) is 12.1 Å². The molecular weight excluding hydrogens is 232 g/mol. The minimum absolute atomic E-state index is 0.0659. The lowest BCUT2D eigenvalue weighted by atomic mass is 10.0. The van der Waals surface area contributed by atoms with Crippen molar-refractivity contribution in [1.29, 1.82) is 0 Å². The Labute approximate surface area is 110 Å². The van der Waals surface area contributed by atoms with E-state index in [0.29, 0.717) is 12.5 Å². The number of likely N-dealkylation sites (N-methyl/N-ethyl adjacent to an activating group) is 1. The number of carbonyl (C=O) groups excluding carboxylic acids is 1. The first kappa shape index (κ1) is 16.7. The molecule has 18 heavy (non-hydrogen) atoms. The van der Waals surface area contributed by atoms with Gasteiger partial charge >= 0.3 is 12.0 Å². The van der Waals surface area contributed by atoms with Gasteiger partial charge in [-0.05, 0) is 33.6 Å². The SMILES string of the molecule is CCN(C(=O)N(C)C(C)C(C)C)C(C)(C)C(=O)O. The Balaban J connectivity index is 5.10. The number of aliphatic carboxylic acids is 1. The van der Waals surface area contributed by atoms with E-state index in [1.165, 1.54) is 4.90 Å². The summed E-state index contributed by atoms with van der Waals surface area (Å²) in [5.41, 5.74) is -1.20. The van der Waals surface area contributed by atoms with Crippen LogP contribution in [-0.4, -0.2) is 52.1 Å². The summed E-state index contributed by atoms with van der Waals surface area (Å²) in [6.45, 7) is 11.3. The van der Waals surface area contributed by atoms with Crippen molar-refractivity contribution in [3.8, 4) is 0 Å². The van der Waals surface area contributed by atoms with Gasteiger partial charge in [-0.25, -0.2) is 9.59 Å². The van der Waals surface area contributed by atoms with Crippen molar-refractivity contribution < 1.29 is 14.7 Å². The molecule has 1 atom stereocenters. The van der Waals surface area contributed by atoms with Crippen LogP contribution in [0.3, 0.4) is 0 Å². The zero-order valence-corrected chi connectivity index (χ0v) is 12.5. The molecule has 0 spiro atoms. The van der Waals surface area contributed by atoms with Crippen molar-refractivity contribution in [3.05, 3.63) is 0 Å². The lowest BCUT2D eigenvalue weighted by molar-refractivity contribution is -0.147. The van der Waals surface area contributed by atoms with Gasteiger partial charge in [0.25, 0.3) is 0 Å². The average molecular weight is 258 g/mol. The molecule has 1 N–H and O–H groups in total. The molecule has 5 heteroatoms. The molecule has 5 nitrogen and oxygen atoms in total. The number of hydrogen-bond donors (Lipinski definition) is 1. The molecule has 0 aliphatic rings. The summed E-state index contributed by atoms with van der Waals surface area (Å²) in [7, 11) is 1.72. The quantitative estimate of drug-likeness (QED) is 0.823. The summed E-state index contributed by atoms with van der Waals surface area (Å²) in [5.74, 6) is -0.672. The molecule has 0 saturated heterocycles. The first-order valence-electron chi connectivity index (χ1n) is 6.35. The maximum absolute atomic E-state index is 12.4. The van der Waals surface area contributed by atoms with E-state index in [2.05, 4.69) is 0 Å². The Kier molecular flexibility index (Phi) is 5.64. The lowest BCUT2D eigenvalue weighted by Gasteiger charge is -2.39. The molecule has 0 saturated carbocycles. The number of nitrogens with zero attached hydrogens (tertiary/aromatic N) is 2. The van der Waals surface area contributed by atoms with Crippen LogP contribution in [0.2, 0.25) is 0 Å². The fraction of sp³-hybridized carbons (Fsp3) is 0.846. The van der Waals surface area contributed by atoms with Gasteiger partial charge in [0.15, 0.2) is 0 Å². The highest BCUT2D eigenvalue weighted by Crippen LogP contribution is 2.19. The summed E-state index contributed by atoms with van der Waals surface area (Å²) in [6, 6.07) is -0.178. The summed E-state index contributed by atoms with van der Waals surface area (Å²) in [5, 5.41) is 9.21. The first-order valence-corrected chi connectivity index (χ1v) is 6.35. The number of urea groups is 1. The van der Waals surface area contributed by atoms with E-state index in [0.717, 1.165) is 0 Å². The highest BCUT2D eigenvalue weighted by Gasteiger charge is 2.39. The molecule has 0 fully saturated rings. The van der Waals surface area contributed by atoms with Crippen LogP contribution >= 0.6 is 0 Å². The van der Waals surface area contributed by atoms with Crippen LogP contribution in [0, 0.1) is 5.92 Å². The molecule has 0 aromatic carbocycles. The van der Waals surface area contributed by atoms with Gasteiger partial charge in [-0.15, -0.1) is 0 Å². The van der Waals surface area contributed by atoms with Crippen LogP contribution in [0.1, 0.15) is 41.5 Å². The van der Waals surface area contributed by atoms with Crippen LogP contribution in [-0.2, 0) is 4.79 Å². The third kappa shape index (κ3) is 3.37. The molecule has 0 rings (SSSR count). The Morgan fingerprint density at radius 1 is 1.22 bits per heavy atom. The molecule has 1 unspecified atom stereocenters. The molecular formula is C13H26N2O3. The third-order valence-electron chi connectivity index (χ3n) is 3.62. The summed E-state index contributed by atoms with van der Waals surface area (Å²) in [6.07, 6.45) is 0. The molecule has 0 bridgehead atoms. The molecule has 0 aliphatic carbocycles. The smallest absolute Gasteiger partial charge is 0.329 e. The number of carboxylic acids is 1. The van der Waals surface area contributed by atoms with Gasteiger partial charge < -0.3 is 14.9 Å². The average Bonchev–Trinajstić information content (AvgIpc) is 2.26. The standard InChI is InChI=1S/C13H26N2O3/c1-8-15(13(5,6)11(16)17)12(18)14(7)10(4)9(2)3/h9-10H,8H2,1-7H3,(H,16,17). The second-order valence-electron chi connectivity index (χ2n) is 5.49. The van der Waals surface area contributed by atoms with Gasteiger partial charge in [0.2, 0.25) is 0 Å². The molecule has 0 aliphatic heterocycles. The normalized spacial score (nSPS) is 13.3. The van der Waals surface area contributed by atoms with Gasteiger partial charge in [0, 0.05) is 19.6 Å². The molecule has 0 aromatic heterocycles. The largest absolute Gasteiger partial charge is 0.480 e. The van der Waals surface area contributed by atoms with Gasteiger partial charge in [-0.1, -0.05) is 13.8 Å². The van der Waals surface area contributed by atoms with Crippen molar-refractivity contribution in [2.45, 2.75) is 53.1 Å². The number of carbonyl (C=O) groups is 2. The van der Waals surface area contributed by atoms with Crippen molar-refractivity contribution in [3.63, 3.8) is 0 Å². The van der Waals surface area contributed by atoms with Crippen molar-refractivity contribution in [1.82, 2.24) is 9.80 Å². The Hall–Kier alpha value is -1.26.